The first kappa shape index (κ1) is 21.9. The molecule has 1 aromatic rings. The Morgan fingerprint density at radius 3 is 2.58 bits per heavy atom. The molecular weight excluding hydrogens is 407 g/mol. The number of nitriles is 1. The first-order valence-electron chi connectivity index (χ1n) is 11.0. The number of amides is 1. The fraction of sp³-hybridized carbons (Fsp3) is 0.652. The lowest BCUT2D eigenvalue weighted by atomic mass is 9.57. The number of alkyl halides is 2. The van der Waals surface area contributed by atoms with Gasteiger partial charge in [-0.2, -0.15) is 14.0 Å². The van der Waals surface area contributed by atoms with Crippen molar-refractivity contribution in [3.05, 3.63) is 29.6 Å². The fourth-order valence-corrected chi connectivity index (χ4v) is 5.75. The molecule has 1 amide bonds. The van der Waals surface area contributed by atoms with Crippen molar-refractivity contribution in [2.45, 2.75) is 51.6 Å². The molecule has 0 bridgehead atoms. The first-order valence-corrected chi connectivity index (χ1v) is 11.0. The van der Waals surface area contributed by atoms with Gasteiger partial charge < -0.3 is 15.0 Å². The van der Waals surface area contributed by atoms with E-state index in [2.05, 4.69) is 21.0 Å². The van der Waals surface area contributed by atoms with Gasteiger partial charge in [-0.15, -0.1) is 0 Å². The molecular formula is C23H28F3N3O2. The molecule has 0 unspecified atom stereocenters. The molecule has 3 aliphatic rings. The number of carbonyl (C=O) groups is 1. The lowest BCUT2D eigenvalue weighted by Crippen LogP contribution is -2.64. The van der Waals surface area contributed by atoms with Gasteiger partial charge in [0.2, 0.25) is 0 Å². The van der Waals surface area contributed by atoms with Gasteiger partial charge in [-0.05, 0) is 49.1 Å². The van der Waals surface area contributed by atoms with Gasteiger partial charge in [0.1, 0.15) is 11.6 Å². The van der Waals surface area contributed by atoms with Crippen LogP contribution in [0.2, 0.25) is 0 Å². The first-order chi connectivity index (χ1) is 14.8. The molecule has 1 aromatic carbocycles. The maximum atomic E-state index is 13.6. The van der Waals surface area contributed by atoms with E-state index in [1.54, 1.807) is 0 Å². The zero-order chi connectivity index (χ0) is 22.1. The Labute approximate surface area is 180 Å². The minimum absolute atomic E-state index is 0.0335. The van der Waals surface area contributed by atoms with Crippen molar-refractivity contribution in [2.24, 2.45) is 16.7 Å². The third-order valence-electron chi connectivity index (χ3n) is 7.05. The van der Waals surface area contributed by atoms with Crippen LogP contribution in [-0.2, 0) is 0 Å². The van der Waals surface area contributed by atoms with Crippen LogP contribution in [0.1, 0.15) is 55.3 Å². The molecule has 5 nitrogen and oxygen atoms in total. The third-order valence-corrected chi connectivity index (χ3v) is 7.05. The molecule has 1 aliphatic heterocycles. The topological polar surface area (TPSA) is 65.4 Å². The largest absolute Gasteiger partial charge is 0.435 e. The molecule has 2 aliphatic carbocycles. The average Bonchev–Trinajstić information content (AvgIpc) is 2.67. The second kappa shape index (κ2) is 8.70. The van der Waals surface area contributed by atoms with Crippen LogP contribution in [-0.4, -0.2) is 43.6 Å². The molecule has 1 saturated heterocycles. The smallest absolute Gasteiger partial charge is 0.387 e. The number of nitrogens with zero attached hydrogens (tertiary/aromatic N) is 2. The van der Waals surface area contributed by atoms with Crippen LogP contribution in [0.25, 0.3) is 0 Å². The molecule has 8 heteroatoms. The maximum Gasteiger partial charge on any atom is 0.387 e. The van der Waals surface area contributed by atoms with Crippen LogP contribution in [0.5, 0.6) is 5.75 Å². The van der Waals surface area contributed by atoms with Crippen molar-refractivity contribution < 1.29 is 22.7 Å². The molecule has 0 atom stereocenters. The molecule has 4 rings (SSSR count). The van der Waals surface area contributed by atoms with Crippen LogP contribution in [0.3, 0.4) is 0 Å². The Morgan fingerprint density at radius 1 is 1.23 bits per heavy atom. The molecule has 1 N–H and O–H groups in total. The molecule has 2 saturated carbocycles. The standard InChI is InChI=1S/C23H28F3N3O2/c24-18-6-17(7-19(8-18)31-21(25)26)20(30)28-11-16-9-23(10-16)14-29(15-23)13-22(12-27)4-2-1-3-5-22/h6-8,16,21H,1-5,9-11,13-15H2,(H,28,30). The lowest BCUT2D eigenvalue weighted by Gasteiger charge is -2.60. The highest BCUT2D eigenvalue weighted by Crippen LogP contribution is 2.52. The molecule has 31 heavy (non-hydrogen) atoms. The minimum atomic E-state index is -3.08. The average molecular weight is 435 g/mol. The van der Waals surface area contributed by atoms with Crippen LogP contribution in [0.15, 0.2) is 18.2 Å². The molecule has 0 radical (unpaired) electrons. The van der Waals surface area contributed by atoms with Gasteiger partial charge in [0.25, 0.3) is 5.91 Å². The van der Waals surface area contributed by atoms with E-state index in [1.165, 1.54) is 6.42 Å². The van der Waals surface area contributed by atoms with Gasteiger partial charge in [0.05, 0.1) is 11.5 Å². The van der Waals surface area contributed by atoms with Gasteiger partial charge in [-0.3, -0.25) is 4.79 Å². The highest BCUT2D eigenvalue weighted by atomic mass is 19.3. The van der Waals surface area contributed by atoms with Gasteiger partial charge in [-0.1, -0.05) is 19.3 Å². The summed E-state index contributed by atoms with van der Waals surface area (Å²) in [6.07, 6.45) is 7.58. The van der Waals surface area contributed by atoms with E-state index >= 15 is 0 Å². The van der Waals surface area contributed by atoms with Crippen LogP contribution in [0, 0.1) is 33.9 Å². The van der Waals surface area contributed by atoms with Crippen molar-refractivity contribution >= 4 is 5.91 Å². The molecule has 1 heterocycles. The Morgan fingerprint density at radius 2 is 1.94 bits per heavy atom. The Balaban J connectivity index is 1.20. The Hall–Kier alpha value is -2.27. The number of nitrogens with one attached hydrogen (secondary N) is 1. The van der Waals surface area contributed by atoms with Gasteiger partial charge in [0.15, 0.2) is 0 Å². The predicted molar refractivity (Wildman–Crippen MR) is 108 cm³/mol. The number of carbonyl (C=O) groups excluding carboxylic acids is 1. The van der Waals surface area contributed by atoms with E-state index in [1.807, 2.05) is 0 Å². The highest BCUT2D eigenvalue weighted by molar-refractivity contribution is 5.94. The van der Waals surface area contributed by atoms with E-state index in [0.29, 0.717) is 17.9 Å². The summed E-state index contributed by atoms with van der Waals surface area (Å²) in [6, 6.07) is 5.54. The summed E-state index contributed by atoms with van der Waals surface area (Å²) in [6.45, 7) is 0.296. The zero-order valence-corrected chi connectivity index (χ0v) is 17.5. The second-order valence-electron chi connectivity index (χ2n) is 9.64. The van der Waals surface area contributed by atoms with E-state index in [0.717, 1.165) is 76.4 Å². The summed E-state index contributed by atoms with van der Waals surface area (Å²) >= 11 is 0. The van der Waals surface area contributed by atoms with E-state index in [9.17, 15) is 23.2 Å². The van der Waals surface area contributed by atoms with Crippen molar-refractivity contribution in [2.75, 3.05) is 26.2 Å². The number of hydrogen-bond acceptors (Lipinski definition) is 4. The van der Waals surface area contributed by atoms with Crippen molar-refractivity contribution in [1.82, 2.24) is 10.2 Å². The third kappa shape index (κ3) is 4.98. The maximum absolute atomic E-state index is 13.6. The summed E-state index contributed by atoms with van der Waals surface area (Å²) in [5.74, 6) is -1.31. The number of rotatable bonds is 7. The number of benzene rings is 1. The Kier molecular flexibility index (Phi) is 6.16. The van der Waals surface area contributed by atoms with E-state index < -0.39 is 18.3 Å². The summed E-state index contributed by atoms with van der Waals surface area (Å²) < 4.78 is 42.5. The molecule has 3 fully saturated rings. The van der Waals surface area contributed by atoms with Crippen LogP contribution in [0.4, 0.5) is 13.2 Å². The number of hydrogen-bond donors (Lipinski definition) is 1. The summed E-state index contributed by atoms with van der Waals surface area (Å²) in [5, 5.41) is 12.4. The van der Waals surface area contributed by atoms with E-state index in [4.69, 9.17) is 0 Å². The highest BCUT2D eigenvalue weighted by Gasteiger charge is 2.53. The minimum Gasteiger partial charge on any atom is -0.435 e. The fourth-order valence-electron chi connectivity index (χ4n) is 5.75. The summed E-state index contributed by atoms with van der Waals surface area (Å²) in [7, 11) is 0. The van der Waals surface area contributed by atoms with Crippen LogP contribution < -0.4 is 10.1 Å². The lowest BCUT2D eigenvalue weighted by molar-refractivity contribution is -0.105. The summed E-state index contributed by atoms with van der Waals surface area (Å²) in [4.78, 5) is 14.7. The number of ether oxygens (including phenoxy) is 1. The second-order valence-corrected chi connectivity index (χ2v) is 9.64. The van der Waals surface area contributed by atoms with Crippen molar-refractivity contribution in [3.63, 3.8) is 0 Å². The number of likely N-dealkylation sites (tertiary alicyclic amines) is 1. The van der Waals surface area contributed by atoms with Crippen molar-refractivity contribution in [1.29, 1.82) is 5.26 Å². The normalized spacial score (nSPS) is 22.4. The van der Waals surface area contributed by atoms with Gasteiger partial charge in [-0.25, -0.2) is 4.39 Å². The quantitative estimate of drug-likeness (QED) is 0.692. The number of halogens is 3. The van der Waals surface area contributed by atoms with Crippen molar-refractivity contribution in [3.8, 4) is 11.8 Å². The monoisotopic (exact) mass is 435 g/mol. The Bertz CT molecular complexity index is 850. The SMILES string of the molecule is N#CC1(CN2CC3(CC(CNC(=O)c4cc(F)cc(OC(F)F)c4)C3)C2)CCCCC1. The molecule has 168 valence electrons. The summed E-state index contributed by atoms with van der Waals surface area (Å²) in [5.41, 5.74) is 0.0981. The van der Waals surface area contributed by atoms with Gasteiger partial charge >= 0.3 is 6.61 Å². The molecule has 0 aromatic heterocycles. The van der Waals surface area contributed by atoms with E-state index in [-0.39, 0.29) is 16.7 Å². The zero-order valence-electron chi connectivity index (χ0n) is 17.5. The molecule has 1 spiro atoms. The van der Waals surface area contributed by atoms with Crippen LogP contribution >= 0.6 is 0 Å². The predicted octanol–water partition coefficient (Wildman–Crippen LogP) is 4.34. The van der Waals surface area contributed by atoms with Gasteiger partial charge in [0, 0.05) is 37.8 Å².